The molecule has 0 unspecified atom stereocenters. The molecule has 1 aromatic heterocycles. The molecular weight excluding hydrogens is 435 g/mol. The number of aromatic nitrogens is 1. The van der Waals surface area contributed by atoms with Gasteiger partial charge in [-0.1, -0.05) is 18.5 Å². The summed E-state index contributed by atoms with van der Waals surface area (Å²) >= 11 is 5.64. The number of ether oxygens (including phenoxy) is 2. The molecule has 0 aliphatic heterocycles. The van der Waals surface area contributed by atoms with E-state index in [1.54, 1.807) is 0 Å². The molecule has 3 saturated carbocycles. The van der Waals surface area contributed by atoms with Gasteiger partial charge in [-0.15, -0.1) is 0 Å². The SMILES string of the molecule is CCc1nc(C)ccc1OCC(=O)CC12CC(NC(=O)COc3ccc(Cl)c(F)c3)(C1)C2. The maximum Gasteiger partial charge on any atom is 0.258 e. The molecule has 2 aromatic rings. The Morgan fingerprint density at radius 1 is 1.16 bits per heavy atom. The molecule has 0 atom stereocenters. The number of carbonyl (C=O) groups is 2. The van der Waals surface area contributed by atoms with Crippen molar-refractivity contribution in [3.8, 4) is 11.5 Å². The van der Waals surface area contributed by atoms with Gasteiger partial charge < -0.3 is 14.8 Å². The Balaban J connectivity index is 1.19. The van der Waals surface area contributed by atoms with Crippen molar-refractivity contribution in [1.29, 1.82) is 0 Å². The molecule has 0 spiro atoms. The van der Waals surface area contributed by atoms with Crippen LogP contribution >= 0.6 is 11.6 Å². The van der Waals surface area contributed by atoms with Gasteiger partial charge in [-0.05, 0) is 62.3 Å². The summed E-state index contributed by atoms with van der Waals surface area (Å²) in [5.74, 6) is 0.108. The van der Waals surface area contributed by atoms with E-state index in [1.807, 2.05) is 26.0 Å². The van der Waals surface area contributed by atoms with Crippen molar-refractivity contribution in [2.45, 2.75) is 51.5 Å². The number of pyridine rings is 1. The van der Waals surface area contributed by atoms with Crippen LogP contribution in [0.2, 0.25) is 5.02 Å². The van der Waals surface area contributed by atoms with Crippen molar-refractivity contribution in [3.05, 3.63) is 52.6 Å². The van der Waals surface area contributed by atoms with Gasteiger partial charge in [-0.3, -0.25) is 14.6 Å². The Hall–Kier alpha value is -2.67. The molecule has 6 nitrogen and oxygen atoms in total. The summed E-state index contributed by atoms with van der Waals surface area (Å²) in [6.45, 7) is 3.76. The summed E-state index contributed by atoms with van der Waals surface area (Å²) < 4.78 is 24.5. The van der Waals surface area contributed by atoms with Gasteiger partial charge in [0.2, 0.25) is 0 Å². The molecule has 170 valence electrons. The number of carbonyl (C=O) groups excluding carboxylic acids is 2. The predicted molar refractivity (Wildman–Crippen MR) is 118 cm³/mol. The Bertz CT molecular complexity index is 1040. The predicted octanol–water partition coefficient (Wildman–Crippen LogP) is 4.20. The smallest absolute Gasteiger partial charge is 0.258 e. The van der Waals surface area contributed by atoms with Gasteiger partial charge in [0.1, 0.15) is 23.9 Å². The van der Waals surface area contributed by atoms with Gasteiger partial charge in [0.25, 0.3) is 5.91 Å². The summed E-state index contributed by atoms with van der Waals surface area (Å²) in [4.78, 5) is 29.1. The van der Waals surface area contributed by atoms with Crippen molar-refractivity contribution in [1.82, 2.24) is 10.3 Å². The van der Waals surface area contributed by atoms with Crippen LogP contribution in [-0.4, -0.2) is 35.4 Å². The van der Waals surface area contributed by atoms with Crippen molar-refractivity contribution >= 4 is 23.3 Å². The highest BCUT2D eigenvalue weighted by Crippen LogP contribution is 2.68. The number of nitrogens with zero attached hydrogens (tertiary/aromatic N) is 1. The van der Waals surface area contributed by atoms with Crippen molar-refractivity contribution in [3.63, 3.8) is 0 Å². The van der Waals surface area contributed by atoms with E-state index in [1.165, 1.54) is 12.1 Å². The highest BCUT2D eigenvalue weighted by atomic mass is 35.5. The Morgan fingerprint density at radius 2 is 1.91 bits per heavy atom. The molecule has 1 amide bonds. The monoisotopic (exact) mass is 460 g/mol. The van der Waals surface area contributed by atoms with E-state index in [4.69, 9.17) is 21.1 Å². The van der Waals surface area contributed by atoms with Crippen molar-refractivity contribution in [2.75, 3.05) is 13.2 Å². The number of ketones is 1. The Kier molecular flexibility index (Phi) is 6.12. The third-order valence-corrected chi connectivity index (χ3v) is 6.48. The summed E-state index contributed by atoms with van der Waals surface area (Å²) in [6, 6.07) is 7.78. The average molecular weight is 461 g/mol. The van der Waals surface area contributed by atoms with Crippen molar-refractivity contribution in [2.24, 2.45) is 5.41 Å². The lowest BCUT2D eigenvalue weighted by Gasteiger charge is -2.70. The van der Waals surface area contributed by atoms with Crippen LogP contribution in [0.3, 0.4) is 0 Å². The number of aryl methyl sites for hydroxylation is 2. The van der Waals surface area contributed by atoms with Gasteiger partial charge >= 0.3 is 0 Å². The molecule has 2 bridgehead atoms. The molecule has 3 fully saturated rings. The first-order chi connectivity index (χ1) is 15.2. The standard InChI is InChI=1S/C24H26ClFN2O4/c1-3-20-21(7-4-15(2)27-20)32-10-16(29)9-23-12-24(13-23,14-23)28-22(30)11-31-17-5-6-18(25)19(26)8-17/h4-8H,3,9-14H2,1-2H3,(H,28,30). The number of nitrogens with one attached hydrogen (secondary N) is 1. The van der Waals surface area contributed by atoms with Crippen LogP contribution in [-0.2, 0) is 16.0 Å². The van der Waals surface area contributed by atoms with Gasteiger partial charge in [0.05, 0.1) is 10.7 Å². The number of amides is 1. The van der Waals surface area contributed by atoms with Crippen LogP contribution < -0.4 is 14.8 Å². The quantitative estimate of drug-likeness (QED) is 0.575. The highest BCUT2D eigenvalue weighted by molar-refractivity contribution is 6.30. The molecule has 0 radical (unpaired) electrons. The first kappa shape index (κ1) is 22.5. The van der Waals surface area contributed by atoms with Gasteiger partial charge in [0.15, 0.2) is 12.4 Å². The number of Topliss-reactive ketones (excluding diaryl/α,β-unsaturated/α-hetero) is 1. The molecule has 0 saturated heterocycles. The minimum atomic E-state index is -0.593. The zero-order chi connectivity index (χ0) is 22.9. The highest BCUT2D eigenvalue weighted by Gasteiger charge is 2.68. The van der Waals surface area contributed by atoms with Crippen LogP contribution in [0, 0.1) is 18.2 Å². The molecule has 1 aromatic carbocycles. The van der Waals surface area contributed by atoms with E-state index < -0.39 is 5.82 Å². The second-order valence-electron chi connectivity index (χ2n) is 8.98. The van der Waals surface area contributed by atoms with Gasteiger partial charge in [0, 0.05) is 23.7 Å². The summed E-state index contributed by atoms with van der Waals surface area (Å²) in [5.41, 5.74) is 1.50. The number of benzene rings is 1. The largest absolute Gasteiger partial charge is 0.484 e. The number of rotatable bonds is 10. The lowest BCUT2D eigenvalue weighted by atomic mass is 9.38. The van der Waals surface area contributed by atoms with Gasteiger partial charge in [-0.2, -0.15) is 0 Å². The first-order valence-electron chi connectivity index (χ1n) is 10.7. The van der Waals surface area contributed by atoms with Crippen LogP contribution in [0.4, 0.5) is 4.39 Å². The molecule has 8 heteroatoms. The van der Waals surface area contributed by atoms with Crippen LogP contribution in [0.25, 0.3) is 0 Å². The fourth-order valence-electron chi connectivity index (χ4n) is 4.98. The zero-order valence-corrected chi connectivity index (χ0v) is 18.9. The van der Waals surface area contributed by atoms with Crippen molar-refractivity contribution < 1.29 is 23.5 Å². The normalized spacial score (nSPS) is 23.0. The van der Waals surface area contributed by atoms with E-state index in [9.17, 15) is 14.0 Å². The van der Waals surface area contributed by atoms with Gasteiger partial charge in [-0.25, -0.2) is 4.39 Å². The maximum atomic E-state index is 13.4. The van der Waals surface area contributed by atoms with Crippen LogP contribution in [0.15, 0.2) is 30.3 Å². The minimum Gasteiger partial charge on any atom is -0.484 e. The number of halogens is 2. The summed E-state index contributed by atoms with van der Waals surface area (Å²) in [5, 5.41) is 3.00. The molecule has 1 N–H and O–H groups in total. The van der Waals surface area contributed by atoms with E-state index in [-0.39, 0.29) is 46.6 Å². The fourth-order valence-corrected chi connectivity index (χ4v) is 5.09. The third kappa shape index (κ3) is 4.72. The second-order valence-corrected chi connectivity index (χ2v) is 9.39. The fraction of sp³-hybridized carbons (Fsp3) is 0.458. The minimum absolute atomic E-state index is 0.00208. The van der Waals surface area contributed by atoms with E-state index in [2.05, 4.69) is 10.3 Å². The van der Waals surface area contributed by atoms with E-state index >= 15 is 0 Å². The summed E-state index contributed by atoms with van der Waals surface area (Å²) in [7, 11) is 0. The number of hydrogen-bond acceptors (Lipinski definition) is 5. The second kappa shape index (κ2) is 8.70. The topological polar surface area (TPSA) is 77.5 Å². The molecule has 5 rings (SSSR count). The van der Waals surface area contributed by atoms with Crippen LogP contribution in [0.5, 0.6) is 11.5 Å². The molecular formula is C24H26ClFN2O4. The molecule has 1 heterocycles. The molecule has 3 aliphatic carbocycles. The number of hydrogen-bond donors (Lipinski definition) is 1. The van der Waals surface area contributed by atoms with E-state index in [0.29, 0.717) is 12.2 Å². The lowest BCUT2D eigenvalue weighted by Crippen LogP contribution is -2.75. The van der Waals surface area contributed by atoms with Crippen LogP contribution in [0.1, 0.15) is 44.0 Å². The Labute approximate surface area is 191 Å². The molecule has 3 aliphatic rings. The molecule has 32 heavy (non-hydrogen) atoms. The van der Waals surface area contributed by atoms with E-state index in [0.717, 1.165) is 43.1 Å². The zero-order valence-electron chi connectivity index (χ0n) is 18.2. The lowest BCUT2D eigenvalue weighted by molar-refractivity contribution is -0.173. The average Bonchev–Trinajstić information content (AvgIpc) is 2.71. The maximum absolute atomic E-state index is 13.4. The summed E-state index contributed by atoms with van der Waals surface area (Å²) in [6.07, 6.45) is 3.53. The Morgan fingerprint density at radius 3 is 2.59 bits per heavy atom. The third-order valence-electron chi connectivity index (χ3n) is 6.17. The first-order valence-corrected chi connectivity index (χ1v) is 11.1.